The van der Waals surface area contributed by atoms with E-state index >= 15 is 0 Å². The highest BCUT2D eigenvalue weighted by molar-refractivity contribution is 6.30. The van der Waals surface area contributed by atoms with Crippen LogP contribution in [0.15, 0.2) is 42.5 Å². The minimum Gasteiger partial charge on any atom is -0.493 e. The van der Waals surface area contributed by atoms with Crippen molar-refractivity contribution in [3.8, 4) is 17.1 Å². The molecule has 0 radical (unpaired) electrons. The third-order valence-electron chi connectivity index (χ3n) is 4.89. The van der Waals surface area contributed by atoms with E-state index in [1.165, 1.54) is 32.4 Å². The Balaban J connectivity index is 1.38. The number of nitrogens with zero attached hydrogens (tertiary/aromatic N) is 2. The third-order valence-corrected chi connectivity index (χ3v) is 5.12. The highest BCUT2D eigenvalue weighted by atomic mass is 35.5. The first-order valence-corrected chi connectivity index (χ1v) is 9.77. The molecule has 1 saturated heterocycles. The number of likely N-dealkylation sites (tertiary alicyclic amines) is 1. The first-order valence-electron chi connectivity index (χ1n) is 9.39. The van der Waals surface area contributed by atoms with Gasteiger partial charge in [-0.15, -0.1) is 0 Å². The number of hydrogen-bond donors (Lipinski definition) is 1. The lowest BCUT2D eigenvalue weighted by molar-refractivity contribution is 0.205. The van der Waals surface area contributed by atoms with E-state index in [0.717, 1.165) is 47.7 Å². The number of rotatable bonds is 6. The molecular weight excluding hydrogens is 346 g/mol. The first kappa shape index (κ1) is 17.4. The van der Waals surface area contributed by atoms with Crippen LogP contribution in [0.1, 0.15) is 25.7 Å². The van der Waals surface area contributed by atoms with E-state index in [1.807, 2.05) is 42.5 Å². The Morgan fingerprint density at radius 3 is 2.81 bits per heavy atom. The van der Waals surface area contributed by atoms with Gasteiger partial charge in [-0.2, -0.15) is 0 Å². The SMILES string of the molecule is Clc1cccc(-c2nc3cc(OCCCN4CCCCC4)ccc3[nH]2)c1. The van der Waals surface area contributed by atoms with Crippen LogP contribution in [-0.2, 0) is 0 Å². The van der Waals surface area contributed by atoms with Crippen LogP contribution in [0.5, 0.6) is 5.75 Å². The summed E-state index contributed by atoms with van der Waals surface area (Å²) in [5, 5.41) is 0.709. The van der Waals surface area contributed by atoms with Crippen LogP contribution in [0.2, 0.25) is 5.02 Å². The van der Waals surface area contributed by atoms with Crippen LogP contribution in [0.3, 0.4) is 0 Å². The van der Waals surface area contributed by atoms with Gasteiger partial charge >= 0.3 is 0 Å². The maximum absolute atomic E-state index is 6.08. The predicted octanol–water partition coefficient (Wildman–Crippen LogP) is 5.14. The Morgan fingerprint density at radius 1 is 1.08 bits per heavy atom. The molecule has 2 heterocycles. The average Bonchev–Trinajstić information content (AvgIpc) is 3.10. The molecule has 0 spiro atoms. The zero-order valence-electron chi connectivity index (χ0n) is 14.9. The van der Waals surface area contributed by atoms with E-state index in [0.29, 0.717) is 5.02 Å². The lowest BCUT2D eigenvalue weighted by Gasteiger charge is -2.26. The van der Waals surface area contributed by atoms with Crippen LogP contribution in [0.4, 0.5) is 0 Å². The monoisotopic (exact) mass is 369 g/mol. The Labute approximate surface area is 159 Å². The summed E-state index contributed by atoms with van der Waals surface area (Å²) >= 11 is 6.08. The van der Waals surface area contributed by atoms with Crippen LogP contribution in [0, 0.1) is 0 Å². The van der Waals surface area contributed by atoms with Crippen LogP contribution >= 0.6 is 11.6 Å². The van der Waals surface area contributed by atoms with Gasteiger partial charge in [-0.1, -0.05) is 30.2 Å². The number of halogens is 1. The second-order valence-electron chi connectivity index (χ2n) is 6.88. The molecule has 0 aliphatic carbocycles. The molecule has 0 saturated carbocycles. The summed E-state index contributed by atoms with van der Waals surface area (Å²) < 4.78 is 5.94. The highest BCUT2D eigenvalue weighted by Gasteiger charge is 2.10. The zero-order valence-corrected chi connectivity index (χ0v) is 15.6. The number of aromatic nitrogens is 2. The van der Waals surface area contributed by atoms with Crippen molar-refractivity contribution in [1.82, 2.24) is 14.9 Å². The molecule has 3 aromatic rings. The number of imidazole rings is 1. The Bertz CT molecular complexity index is 871. The molecule has 0 amide bonds. The van der Waals surface area contributed by atoms with Crippen LogP contribution in [-0.4, -0.2) is 41.1 Å². The van der Waals surface area contributed by atoms with E-state index in [1.54, 1.807) is 0 Å². The average molecular weight is 370 g/mol. The Morgan fingerprint density at radius 2 is 1.96 bits per heavy atom. The second-order valence-corrected chi connectivity index (χ2v) is 7.32. The molecule has 1 N–H and O–H groups in total. The van der Waals surface area contributed by atoms with E-state index < -0.39 is 0 Å². The van der Waals surface area contributed by atoms with Crippen molar-refractivity contribution >= 4 is 22.6 Å². The van der Waals surface area contributed by atoms with Crippen molar-refractivity contribution in [2.45, 2.75) is 25.7 Å². The van der Waals surface area contributed by atoms with Gasteiger partial charge in [0.05, 0.1) is 17.6 Å². The molecule has 4 nitrogen and oxygen atoms in total. The van der Waals surface area contributed by atoms with Crippen LogP contribution < -0.4 is 4.74 Å². The van der Waals surface area contributed by atoms with Crippen LogP contribution in [0.25, 0.3) is 22.4 Å². The fraction of sp³-hybridized carbons (Fsp3) is 0.381. The van der Waals surface area contributed by atoms with Gasteiger partial charge in [0.1, 0.15) is 11.6 Å². The maximum Gasteiger partial charge on any atom is 0.138 e. The van der Waals surface area contributed by atoms with Crippen molar-refractivity contribution in [2.24, 2.45) is 0 Å². The molecular formula is C21H24ClN3O. The largest absolute Gasteiger partial charge is 0.493 e. The third kappa shape index (κ3) is 4.19. The number of H-pyrrole nitrogens is 1. The van der Waals surface area contributed by atoms with Gasteiger partial charge in [-0.05, 0) is 56.6 Å². The molecule has 1 aromatic heterocycles. The van der Waals surface area contributed by atoms with Crippen molar-refractivity contribution in [1.29, 1.82) is 0 Å². The van der Waals surface area contributed by atoms with Crippen molar-refractivity contribution < 1.29 is 4.74 Å². The van der Waals surface area contributed by atoms with Crippen molar-refractivity contribution in [2.75, 3.05) is 26.2 Å². The number of ether oxygens (including phenoxy) is 1. The summed E-state index contributed by atoms with van der Waals surface area (Å²) in [4.78, 5) is 10.6. The molecule has 1 aliphatic rings. The first-order chi connectivity index (χ1) is 12.8. The second kappa shape index (κ2) is 8.11. The van der Waals surface area contributed by atoms with Gasteiger partial charge in [-0.3, -0.25) is 0 Å². The molecule has 0 bridgehead atoms. The summed E-state index contributed by atoms with van der Waals surface area (Å²) in [6, 6.07) is 13.7. The minimum atomic E-state index is 0.709. The number of aromatic amines is 1. The van der Waals surface area contributed by atoms with Gasteiger partial charge in [0.25, 0.3) is 0 Å². The summed E-state index contributed by atoms with van der Waals surface area (Å²) in [7, 11) is 0. The number of hydrogen-bond acceptors (Lipinski definition) is 3. The fourth-order valence-electron chi connectivity index (χ4n) is 3.51. The zero-order chi connectivity index (χ0) is 17.8. The molecule has 136 valence electrons. The minimum absolute atomic E-state index is 0.709. The highest BCUT2D eigenvalue weighted by Crippen LogP contribution is 2.25. The Hall–Kier alpha value is -2.04. The molecule has 4 rings (SSSR count). The lowest BCUT2D eigenvalue weighted by Crippen LogP contribution is -2.31. The normalized spacial score (nSPS) is 15.4. The molecule has 0 unspecified atom stereocenters. The van der Waals surface area contributed by atoms with Gasteiger partial charge in [0.15, 0.2) is 0 Å². The molecule has 0 atom stereocenters. The summed E-state index contributed by atoms with van der Waals surface area (Å²) in [5.74, 6) is 1.70. The fourth-order valence-corrected chi connectivity index (χ4v) is 3.70. The molecule has 26 heavy (non-hydrogen) atoms. The van der Waals surface area contributed by atoms with E-state index in [-0.39, 0.29) is 0 Å². The summed E-state index contributed by atoms with van der Waals surface area (Å²) in [6.07, 6.45) is 5.12. The topological polar surface area (TPSA) is 41.1 Å². The summed E-state index contributed by atoms with van der Waals surface area (Å²) in [6.45, 7) is 4.36. The predicted molar refractivity (Wildman–Crippen MR) is 107 cm³/mol. The smallest absolute Gasteiger partial charge is 0.138 e. The number of nitrogens with one attached hydrogen (secondary N) is 1. The van der Waals surface area contributed by atoms with Gasteiger partial charge < -0.3 is 14.6 Å². The molecule has 1 aliphatic heterocycles. The molecule has 2 aromatic carbocycles. The van der Waals surface area contributed by atoms with E-state index in [9.17, 15) is 0 Å². The van der Waals surface area contributed by atoms with Crippen molar-refractivity contribution in [3.05, 3.63) is 47.5 Å². The molecule has 5 heteroatoms. The summed E-state index contributed by atoms with van der Waals surface area (Å²) in [5.41, 5.74) is 2.90. The standard InChI is InChI=1S/C21H24ClN3O/c22-17-7-4-6-16(14-17)21-23-19-9-8-18(15-20(19)24-21)26-13-5-12-25-10-2-1-3-11-25/h4,6-9,14-15H,1-3,5,10-13H2,(H,23,24). The maximum atomic E-state index is 6.08. The van der Waals surface area contributed by atoms with Gasteiger partial charge in [0.2, 0.25) is 0 Å². The van der Waals surface area contributed by atoms with Gasteiger partial charge in [-0.25, -0.2) is 4.98 Å². The van der Waals surface area contributed by atoms with Crippen molar-refractivity contribution in [3.63, 3.8) is 0 Å². The lowest BCUT2D eigenvalue weighted by atomic mass is 10.1. The number of benzene rings is 2. The molecule has 1 fully saturated rings. The number of fused-ring (bicyclic) bond motifs is 1. The number of piperidine rings is 1. The quantitative estimate of drug-likeness (QED) is 0.612. The van der Waals surface area contributed by atoms with E-state index in [2.05, 4.69) is 14.9 Å². The van der Waals surface area contributed by atoms with E-state index in [4.69, 9.17) is 16.3 Å². The van der Waals surface area contributed by atoms with Gasteiger partial charge in [0, 0.05) is 23.2 Å². The Kier molecular flexibility index (Phi) is 5.42.